The van der Waals surface area contributed by atoms with Gasteiger partial charge in [0.15, 0.2) is 28.1 Å². The highest BCUT2D eigenvalue weighted by molar-refractivity contribution is 7.88. The molecule has 0 aromatic heterocycles. The zero-order valence-electron chi connectivity index (χ0n) is 30.2. The molecule has 0 radical (unpaired) electrons. The van der Waals surface area contributed by atoms with Gasteiger partial charge in [-0.2, -0.15) is 43.2 Å². The van der Waals surface area contributed by atoms with E-state index >= 15 is 0 Å². The average Bonchev–Trinajstić information content (AvgIpc) is 2.90. The standard InChI is InChI=1S/C32H48F6O8S2Si2/c1-29(2,3)49(7,8)43-21-17-13-11-15-19-25-23-27(45-47(39,40)31(33,34)35)28(46-48(41,42)32(36,37)38)24-26(25)20-16-12-14-18-22-44-50(9,10)30(4,5)6/h23-24H,11-14,17-18,21-22H2,1-10H3. The van der Waals surface area contributed by atoms with Crippen molar-refractivity contribution in [1.82, 2.24) is 0 Å². The fraction of sp³-hybridized carbons (Fsp3) is 0.688. The van der Waals surface area contributed by atoms with Crippen LogP contribution in [-0.4, -0.2) is 57.7 Å². The van der Waals surface area contributed by atoms with Crippen LogP contribution >= 0.6 is 0 Å². The summed E-state index contributed by atoms with van der Waals surface area (Å²) in [5.41, 5.74) is -12.4. The molecule has 0 amide bonds. The van der Waals surface area contributed by atoms with Gasteiger partial charge in [0.05, 0.1) is 0 Å². The molecule has 0 spiro atoms. The van der Waals surface area contributed by atoms with E-state index in [2.05, 4.69) is 99.8 Å². The van der Waals surface area contributed by atoms with Crippen molar-refractivity contribution in [3.63, 3.8) is 0 Å². The highest BCUT2D eigenvalue weighted by Crippen LogP contribution is 2.39. The van der Waals surface area contributed by atoms with Gasteiger partial charge in [0.25, 0.3) is 0 Å². The van der Waals surface area contributed by atoms with Crippen LogP contribution in [0.15, 0.2) is 12.1 Å². The molecular formula is C32H48F6O8S2Si2. The molecule has 0 saturated carbocycles. The minimum Gasteiger partial charge on any atom is -0.417 e. The van der Waals surface area contributed by atoms with E-state index in [4.69, 9.17) is 8.85 Å². The van der Waals surface area contributed by atoms with Gasteiger partial charge in [-0.1, -0.05) is 65.2 Å². The lowest BCUT2D eigenvalue weighted by Gasteiger charge is -2.36. The maximum atomic E-state index is 13.1. The Labute approximate surface area is 295 Å². The highest BCUT2D eigenvalue weighted by Gasteiger charge is 2.51. The van der Waals surface area contributed by atoms with Crippen LogP contribution in [0.1, 0.15) is 91.2 Å². The number of halogens is 6. The summed E-state index contributed by atoms with van der Waals surface area (Å²) >= 11 is 0. The van der Waals surface area contributed by atoms with Crippen LogP contribution in [0.25, 0.3) is 0 Å². The van der Waals surface area contributed by atoms with Gasteiger partial charge >= 0.3 is 31.3 Å². The summed E-state index contributed by atoms with van der Waals surface area (Å²) in [6.07, 6.45) is 2.90. The summed E-state index contributed by atoms with van der Waals surface area (Å²) in [6, 6.07) is 1.10. The molecule has 0 atom stereocenters. The molecule has 18 heteroatoms. The van der Waals surface area contributed by atoms with E-state index < -0.39 is 59.4 Å². The Balaban J connectivity index is 3.45. The summed E-state index contributed by atoms with van der Waals surface area (Å²) < 4.78 is 146. The zero-order valence-corrected chi connectivity index (χ0v) is 33.8. The molecule has 0 saturated heterocycles. The first-order chi connectivity index (χ1) is 22.3. The monoisotopic (exact) mass is 794 g/mol. The fourth-order valence-electron chi connectivity index (χ4n) is 3.26. The Hall–Kier alpha value is -2.23. The molecule has 50 heavy (non-hydrogen) atoms. The van der Waals surface area contributed by atoms with Crippen molar-refractivity contribution in [1.29, 1.82) is 0 Å². The van der Waals surface area contributed by atoms with Gasteiger partial charge in [-0.15, -0.1) is 0 Å². The highest BCUT2D eigenvalue weighted by atomic mass is 32.2. The van der Waals surface area contributed by atoms with Crippen molar-refractivity contribution in [3.05, 3.63) is 23.3 Å². The van der Waals surface area contributed by atoms with Crippen LogP contribution < -0.4 is 8.37 Å². The number of hydrogen-bond donors (Lipinski definition) is 0. The molecule has 286 valence electrons. The average molecular weight is 795 g/mol. The minimum atomic E-state index is -6.46. The summed E-state index contributed by atoms with van der Waals surface area (Å²) in [6.45, 7) is 22.0. The summed E-state index contributed by atoms with van der Waals surface area (Å²) in [5, 5.41) is 0.0227. The molecule has 0 aliphatic carbocycles. The third-order valence-corrected chi connectivity index (χ3v) is 19.4. The predicted molar refractivity (Wildman–Crippen MR) is 185 cm³/mol. The minimum absolute atomic E-state index is 0.0113. The first-order valence-electron chi connectivity index (χ1n) is 15.8. The van der Waals surface area contributed by atoms with Crippen LogP contribution in [0, 0.1) is 23.7 Å². The Morgan fingerprint density at radius 1 is 0.580 bits per heavy atom. The molecule has 0 heterocycles. The normalized spacial score (nSPS) is 13.6. The van der Waals surface area contributed by atoms with Crippen molar-refractivity contribution in [2.24, 2.45) is 0 Å². The third-order valence-electron chi connectivity index (χ3n) is 8.43. The zero-order chi connectivity index (χ0) is 39.0. The SMILES string of the molecule is CC(C)(C)[Si](C)(C)OCCCCC#Cc1cc(OS(=O)(=O)C(F)(F)F)c(OS(=O)(=O)C(F)(F)F)cc1C#CCCCCO[Si](C)(C)C(C)(C)C. The van der Waals surface area contributed by atoms with Gasteiger partial charge in [-0.25, -0.2) is 0 Å². The molecule has 0 unspecified atom stereocenters. The van der Waals surface area contributed by atoms with Gasteiger partial charge in [0, 0.05) is 49.3 Å². The van der Waals surface area contributed by atoms with E-state index in [1.807, 2.05) is 0 Å². The molecule has 0 bridgehead atoms. The second-order valence-electron chi connectivity index (χ2n) is 14.5. The molecule has 0 aliphatic rings. The van der Waals surface area contributed by atoms with Crippen LogP contribution in [0.2, 0.25) is 36.3 Å². The van der Waals surface area contributed by atoms with E-state index in [-0.39, 0.29) is 34.0 Å². The Morgan fingerprint density at radius 2 is 0.880 bits per heavy atom. The number of alkyl halides is 6. The first-order valence-corrected chi connectivity index (χ1v) is 24.4. The second kappa shape index (κ2) is 17.1. The van der Waals surface area contributed by atoms with E-state index in [1.165, 1.54) is 0 Å². The summed E-state index contributed by atoms with van der Waals surface area (Å²) in [5.74, 6) is 7.90. The van der Waals surface area contributed by atoms with Crippen molar-refractivity contribution < 1.29 is 60.4 Å². The third kappa shape index (κ3) is 13.7. The molecule has 1 rings (SSSR count). The van der Waals surface area contributed by atoms with E-state index in [9.17, 15) is 43.2 Å². The Morgan fingerprint density at radius 3 is 1.14 bits per heavy atom. The van der Waals surface area contributed by atoms with Crippen LogP contribution in [0.3, 0.4) is 0 Å². The largest absolute Gasteiger partial charge is 0.534 e. The van der Waals surface area contributed by atoms with Gasteiger partial charge in [-0.05, 0) is 61.9 Å². The van der Waals surface area contributed by atoms with Crippen molar-refractivity contribution in [2.45, 2.75) is 127 Å². The molecule has 0 fully saturated rings. The Kier molecular flexibility index (Phi) is 15.6. The first kappa shape index (κ1) is 45.8. The molecule has 8 nitrogen and oxygen atoms in total. The lowest BCUT2D eigenvalue weighted by Crippen LogP contribution is -2.40. The van der Waals surface area contributed by atoms with Crippen molar-refractivity contribution in [2.75, 3.05) is 13.2 Å². The van der Waals surface area contributed by atoms with E-state index in [1.54, 1.807) is 0 Å². The predicted octanol–water partition coefficient (Wildman–Crippen LogP) is 9.23. The second-order valence-corrected chi connectivity index (χ2v) is 27.2. The lowest BCUT2D eigenvalue weighted by molar-refractivity contribution is -0.0513. The number of hydrogen-bond acceptors (Lipinski definition) is 8. The van der Waals surface area contributed by atoms with Crippen molar-refractivity contribution in [3.8, 4) is 35.2 Å². The maximum Gasteiger partial charge on any atom is 0.534 e. The van der Waals surface area contributed by atoms with Gasteiger partial charge in [-0.3, -0.25) is 0 Å². The molecule has 1 aromatic carbocycles. The lowest BCUT2D eigenvalue weighted by atomic mass is 10.1. The quantitative estimate of drug-likeness (QED) is 0.0459. The maximum absolute atomic E-state index is 13.1. The van der Waals surface area contributed by atoms with E-state index in [0.29, 0.717) is 51.0 Å². The fourth-order valence-corrected chi connectivity index (χ4v) is 6.36. The van der Waals surface area contributed by atoms with Crippen LogP contribution in [-0.2, 0) is 29.1 Å². The molecule has 1 aromatic rings. The van der Waals surface area contributed by atoms with Crippen LogP contribution in [0.5, 0.6) is 11.5 Å². The smallest absolute Gasteiger partial charge is 0.417 e. The number of rotatable bonds is 14. The number of unbranched alkanes of at least 4 members (excludes halogenated alkanes) is 4. The van der Waals surface area contributed by atoms with E-state index in [0.717, 1.165) is 0 Å². The van der Waals surface area contributed by atoms with Gasteiger partial charge < -0.3 is 17.2 Å². The van der Waals surface area contributed by atoms with Crippen molar-refractivity contribution >= 4 is 36.9 Å². The summed E-state index contributed by atoms with van der Waals surface area (Å²) in [7, 11) is -16.9. The topological polar surface area (TPSA) is 105 Å². The molecule has 0 aliphatic heterocycles. The molecular weight excluding hydrogens is 747 g/mol. The van der Waals surface area contributed by atoms with Gasteiger partial charge in [0.1, 0.15) is 0 Å². The molecule has 0 N–H and O–H groups in total. The van der Waals surface area contributed by atoms with Gasteiger partial charge in [0.2, 0.25) is 0 Å². The Bertz CT molecular complexity index is 1530. The number of benzene rings is 1. The summed E-state index contributed by atoms with van der Waals surface area (Å²) in [4.78, 5) is 0. The van der Waals surface area contributed by atoms with Crippen LogP contribution in [0.4, 0.5) is 26.3 Å².